The summed E-state index contributed by atoms with van der Waals surface area (Å²) in [4.78, 5) is 12.1. The minimum Gasteiger partial charge on any atom is -0.491 e. The summed E-state index contributed by atoms with van der Waals surface area (Å²) in [5.74, 6) is 1.24. The van der Waals surface area contributed by atoms with E-state index in [1.54, 1.807) is 0 Å². The number of anilines is 1. The average molecular weight is 320 g/mol. The second-order valence-corrected chi connectivity index (χ2v) is 6.65. The Morgan fingerprint density at radius 1 is 1.30 bits per heavy atom. The molecule has 1 aromatic carbocycles. The molecule has 1 aromatic rings. The number of urea groups is 1. The van der Waals surface area contributed by atoms with E-state index in [4.69, 9.17) is 9.84 Å². The number of aliphatic hydroxyl groups excluding tert-OH is 1. The van der Waals surface area contributed by atoms with Crippen LogP contribution in [-0.2, 0) is 0 Å². The maximum atomic E-state index is 12.1. The second kappa shape index (κ2) is 8.20. The van der Waals surface area contributed by atoms with Gasteiger partial charge in [0, 0.05) is 18.3 Å². The smallest absolute Gasteiger partial charge is 0.319 e. The predicted molar refractivity (Wildman–Crippen MR) is 91.9 cm³/mol. The van der Waals surface area contributed by atoms with E-state index in [0.29, 0.717) is 5.92 Å². The van der Waals surface area contributed by atoms with E-state index in [9.17, 15) is 4.79 Å². The van der Waals surface area contributed by atoms with Crippen LogP contribution in [-0.4, -0.2) is 29.9 Å². The Morgan fingerprint density at radius 3 is 2.57 bits per heavy atom. The van der Waals surface area contributed by atoms with Crippen molar-refractivity contribution in [2.75, 3.05) is 11.9 Å². The molecule has 3 N–H and O–H groups in total. The number of hydrogen-bond donors (Lipinski definition) is 3. The van der Waals surface area contributed by atoms with Gasteiger partial charge in [-0.2, -0.15) is 0 Å². The molecule has 1 fully saturated rings. The molecular formula is C18H28N2O3. The normalized spacial score (nSPS) is 21.1. The van der Waals surface area contributed by atoms with Crippen molar-refractivity contribution in [3.8, 4) is 5.75 Å². The zero-order valence-electron chi connectivity index (χ0n) is 14.3. The summed E-state index contributed by atoms with van der Waals surface area (Å²) < 4.78 is 5.70. The van der Waals surface area contributed by atoms with Crippen LogP contribution in [0.1, 0.15) is 45.1 Å². The lowest BCUT2D eigenvalue weighted by Gasteiger charge is -2.28. The van der Waals surface area contributed by atoms with E-state index in [1.165, 1.54) is 0 Å². The first-order valence-corrected chi connectivity index (χ1v) is 8.43. The van der Waals surface area contributed by atoms with Crippen LogP contribution in [0.2, 0.25) is 0 Å². The van der Waals surface area contributed by atoms with Gasteiger partial charge in [-0.05, 0) is 76.1 Å². The summed E-state index contributed by atoms with van der Waals surface area (Å²) in [6, 6.07) is 5.68. The lowest BCUT2D eigenvalue weighted by molar-refractivity contribution is 0.176. The summed E-state index contributed by atoms with van der Waals surface area (Å²) in [6.45, 7) is 6.20. The van der Waals surface area contributed by atoms with Crippen molar-refractivity contribution < 1.29 is 14.6 Å². The predicted octanol–water partition coefficient (Wildman–Crippen LogP) is 3.45. The number of aryl methyl sites for hydroxylation is 1. The minimum absolute atomic E-state index is 0.129. The fraction of sp³-hybridized carbons (Fsp3) is 0.611. The van der Waals surface area contributed by atoms with Gasteiger partial charge < -0.3 is 20.5 Å². The molecule has 5 heteroatoms. The molecule has 0 atom stereocenters. The molecule has 1 aliphatic rings. The first-order chi connectivity index (χ1) is 11.0. The number of nitrogens with one attached hydrogen (secondary N) is 2. The van der Waals surface area contributed by atoms with E-state index in [-0.39, 0.29) is 24.8 Å². The Hall–Kier alpha value is -1.75. The van der Waals surface area contributed by atoms with Crippen molar-refractivity contribution in [3.05, 3.63) is 23.8 Å². The maximum Gasteiger partial charge on any atom is 0.319 e. The third-order valence-electron chi connectivity index (χ3n) is 4.24. The van der Waals surface area contributed by atoms with Crippen molar-refractivity contribution in [2.45, 2.75) is 58.6 Å². The molecule has 2 amide bonds. The minimum atomic E-state index is -0.172. The third kappa shape index (κ3) is 5.43. The van der Waals surface area contributed by atoms with Crippen LogP contribution < -0.4 is 15.4 Å². The number of aliphatic hydroxyl groups is 1. The lowest BCUT2D eigenvalue weighted by Crippen LogP contribution is -2.40. The molecule has 0 aliphatic heterocycles. The van der Waals surface area contributed by atoms with E-state index in [2.05, 4.69) is 10.6 Å². The van der Waals surface area contributed by atoms with Gasteiger partial charge in [-0.15, -0.1) is 0 Å². The highest BCUT2D eigenvalue weighted by atomic mass is 16.5. The molecule has 0 unspecified atom stereocenters. The number of benzene rings is 1. The Bertz CT molecular complexity index is 523. The maximum absolute atomic E-state index is 12.1. The van der Waals surface area contributed by atoms with Gasteiger partial charge in [-0.3, -0.25) is 0 Å². The highest BCUT2D eigenvalue weighted by Gasteiger charge is 2.21. The molecule has 0 spiro atoms. The van der Waals surface area contributed by atoms with Gasteiger partial charge in [0.1, 0.15) is 5.75 Å². The summed E-state index contributed by atoms with van der Waals surface area (Å²) in [5, 5.41) is 15.0. The van der Waals surface area contributed by atoms with Crippen LogP contribution in [0.4, 0.5) is 10.5 Å². The monoisotopic (exact) mass is 320 g/mol. The lowest BCUT2D eigenvalue weighted by atomic mass is 9.87. The molecule has 0 heterocycles. The van der Waals surface area contributed by atoms with Crippen LogP contribution in [0, 0.1) is 12.8 Å². The summed E-state index contributed by atoms with van der Waals surface area (Å²) in [7, 11) is 0. The van der Waals surface area contributed by atoms with E-state index >= 15 is 0 Å². The SMILES string of the molecule is Cc1cc(NC(=O)NC2CCC(CO)CC2)ccc1OC(C)C. The van der Waals surface area contributed by atoms with Crippen LogP contribution in [0.5, 0.6) is 5.75 Å². The zero-order valence-corrected chi connectivity index (χ0v) is 14.3. The highest BCUT2D eigenvalue weighted by molar-refractivity contribution is 5.89. The molecule has 0 aromatic heterocycles. The van der Waals surface area contributed by atoms with Crippen molar-refractivity contribution in [3.63, 3.8) is 0 Å². The molecule has 1 saturated carbocycles. The summed E-state index contributed by atoms with van der Waals surface area (Å²) in [5.41, 5.74) is 1.76. The number of carbonyl (C=O) groups excluding carboxylic acids is 1. The van der Waals surface area contributed by atoms with Crippen LogP contribution in [0.25, 0.3) is 0 Å². The van der Waals surface area contributed by atoms with Crippen molar-refractivity contribution >= 4 is 11.7 Å². The molecular weight excluding hydrogens is 292 g/mol. The van der Waals surface area contributed by atoms with Gasteiger partial charge in [0.2, 0.25) is 0 Å². The second-order valence-electron chi connectivity index (χ2n) is 6.65. The first-order valence-electron chi connectivity index (χ1n) is 8.43. The molecule has 2 rings (SSSR count). The van der Waals surface area contributed by atoms with Gasteiger partial charge in [0.05, 0.1) is 6.10 Å². The van der Waals surface area contributed by atoms with Crippen LogP contribution in [0.3, 0.4) is 0 Å². The van der Waals surface area contributed by atoms with Crippen molar-refractivity contribution in [2.24, 2.45) is 5.92 Å². The molecule has 1 aliphatic carbocycles. The highest BCUT2D eigenvalue weighted by Crippen LogP contribution is 2.25. The van der Waals surface area contributed by atoms with Gasteiger partial charge in [-0.1, -0.05) is 0 Å². The van der Waals surface area contributed by atoms with E-state index in [0.717, 1.165) is 42.7 Å². The van der Waals surface area contributed by atoms with Gasteiger partial charge in [-0.25, -0.2) is 4.79 Å². The topological polar surface area (TPSA) is 70.6 Å². The number of ether oxygens (including phenoxy) is 1. The van der Waals surface area contributed by atoms with Crippen LogP contribution in [0.15, 0.2) is 18.2 Å². The fourth-order valence-corrected chi connectivity index (χ4v) is 2.96. The number of hydrogen-bond acceptors (Lipinski definition) is 3. The molecule has 128 valence electrons. The van der Waals surface area contributed by atoms with Crippen molar-refractivity contribution in [1.82, 2.24) is 5.32 Å². The first kappa shape index (κ1) is 17.6. The molecule has 23 heavy (non-hydrogen) atoms. The standard InChI is InChI=1S/C18H28N2O3/c1-12(2)23-17-9-8-16(10-13(17)3)20-18(22)19-15-6-4-14(11-21)5-7-15/h8-10,12,14-15,21H,4-7,11H2,1-3H3,(H2,19,20,22). The Morgan fingerprint density at radius 2 is 2.00 bits per heavy atom. The van der Waals surface area contributed by atoms with E-state index < -0.39 is 0 Å². The Labute approximate surface area is 138 Å². The van der Waals surface area contributed by atoms with Gasteiger partial charge in [0.15, 0.2) is 0 Å². The number of amides is 2. The van der Waals surface area contributed by atoms with Crippen LogP contribution >= 0.6 is 0 Å². The number of rotatable bonds is 5. The zero-order chi connectivity index (χ0) is 16.8. The largest absolute Gasteiger partial charge is 0.491 e. The Kier molecular flexibility index (Phi) is 6.28. The molecule has 0 saturated heterocycles. The fourth-order valence-electron chi connectivity index (χ4n) is 2.96. The summed E-state index contributed by atoms with van der Waals surface area (Å²) >= 11 is 0. The molecule has 0 bridgehead atoms. The average Bonchev–Trinajstić information content (AvgIpc) is 2.50. The third-order valence-corrected chi connectivity index (χ3v) is 4.24. The number of carbonyl (C=O) groups is 1. The molecule has 5 nitrogen and oxygen atoms in total. The Balaban J connectivity index is 1.84. The quantitative estimate of drug-likeness (QED) is 0.778. The molecule has 0 radical (unpaired) electrons. The van der Waals surface area contributed by atoms with Gasteiger partial charge >= 0.3 is 6.03 Å². The van der Waals surface area contributed by atoms with Gasteiger partial charge in [0.25, 0.3) is 0 Å². The summed E-state index contributed by atoms with van der Waals surface area (Å²) in [6.07, 6.45) is 3.94. The van der Waals surface area contributed by atoms with E-state index in [1.807, 2.05) is 39.0 Å². The van der Waals surface area contributed by atoms with Crippen molar-refractivity contribution in [1.29, 1.82) is 0 Å².